The Labute approximate surface area is 113 Å². The van der Waals surface area contributed by atoms with Crippen molar-refractivity contribution in [3.63, 3.8) is 0 Å². The van der Waals surface area contributed by atoms with Crippen LogP contribution in [0.2, 0.25) is 0 Å². The lowest BCUT2D eigenvalue weighted by molar-refractivity contribution is -0.140. The Balaban J connectivity index is 2.62. The van der Waals surface area contributed by atoms with Gasteiger partial charge in [0.2, 0.25) is 0 Å². The SMILES string of the molecule is C=C(C(=O)OCCCC)C(O)c1ccc(OC)cc1. The Bertz CT molecular complexity index is 422. The minimum absolute atomic E-state index is 0.0428. The molecule has 0 aliphatic heterocycles. The van der Waals surface area contributed by atoms with Gasteiger partial charge in [-0.2, -0.15) is 0 Å². The molecule has 0 saturated heterocycles. The zero-order chi connectivity index (χ0) is 14.3. The van der Waals surface area contributed by atoms with Crippen molar-refractivity contribution in [3.8, 4) is 5.75 Å². The topological polar surface area (TPSA) is 55.8 Å². The molecular formula is C15H20O4. The summed E-state index contributed by atoms with van der Waals surface area (Å²) in [6, 6.07) is 6.81. The van der Waals surface area contributed by atoms with E-state index in [1.54, 1.807) is 31.4 Å². The minimum Gasteiger partial charge on any atom is -0.497 e. The van der Waals surface area contributed by atoms with Crippen molar-refractivity contribution >= 4 is 5.97 Å². The first-order chi connectivity index (χ1) is 9.10. The fourth-order valence-corrected chi connectivity index (χ4v) is 1.50. The van der Waals surface area contributed by atoms with E-state index >= 15 is 0 Å². The lowest BCUT2D eigenvalue weighted by atomic mass is 10.0. The van der Waals surface area contributed by atoms with Gasteiger partial charge in [0.05, 0.1) is 19.3 Å². The molecule has 0 amide bonds. The molecule has 1 N–H and O–H groups in total. The Hall–Kier alpha value is -1.81. The quantitative estimate of drug-likeness (QED) is 0.467. The Morgan fingerprint density at radius 3 is 2.53 bits per heavy atom. The van der Waals surface area contributed by atoms with Crippen LogP contribution < -0.4 is 4.74 Å². The van der Waals surface area contributed by atoms with E-state index < -0.39 is 12.1 Å². The van der Waals surface area contributed by atoms with Gasteiger partial charge in [-0.25, -0.2) is 4.79 Å². The molecule has 0 aromatic heterocycles. The van der Waals surface area contributed by atoms with Gasteiger partial charge in [0.15, 0.2) is 0 Å². The van der Waals surface area contributed by atoms with Crippen LogP contribution in [0, 0.1) is 0 Å². The molecule has 0 radical (unpaired) electrons. The number of carbonyl (C=O) groups excluding carboxylic acids is 1. The number of aliphatic hydroxyl groups is 1. The van der Waals surface area contributed by atoms with Gasteiger partial charge in [0, 0.05) is 0 Å². The predicted molar refractivity (Wildman–Crippen MR) is 73.0 cm³/mol. The molecule has 19 heavy (non-hydrogen) atoms. The lowest BCUT2D eigenvalue weighted by Gasteiger charge is -2.13. The zero-order valence-electron chi connectivity index (χ0n) is 11.4. The van der Waals surface area contributed by atoms with Crippen molar-refractivity contribution in [2.24, 2.45) is 0 Å². The average molecular weight is 264 g/mol. The Morgan fingerprint density at radius 2 is 2.00 bits per heavy atom. The maximum absolute atomic E-state index is 11.6. The molecule has 4 heteroatoms. The molecule has 0 aliphatic carbocycles. The van der Waals surface area contributed by atoms with Crippen LogP contribution in [0.1, 0.15) is 31.4 Å². The number of hydrogen-bond donors (Lipinski definition) is 1. The Morgan fingerprint density at radius 1 is 1.37 bits per heavy atom. The zero-order valence-corrected chi connectivity index (χ0v) is 11.4. The lowest BCUT2D eigenvalue weighted by Crippen LogP contribution is -2.14. The molecule has 0 bridgehead atoms. The molecule has 1 aromatic rings. The summed E-state index contributed by atoms with van der Waals surface area (Å²) in [4.78, 5) is 11.6. The van der Waals surface area contributed by atoms with E-state index in [0.717, 1.165) is 12.8 Å². The third kappa shape index (κ3) is 4.41. The highest BCUT2D eigenvalue weighted by Crippen LogP contribution is 2.23. The van der Waals surface area contributed by atoms with E-state index in [2.05, 4.69) is 6.58 Å². The second-order valence-corrected chi connectivity index (χ2v) is 4.19. The van der Waals surface area contributed by atoms with Crippen LogP contribution >= 0.6 is 0 Å². The number of rotatable bonds is 7. The summed E-state index contributed by atoms with van der Waals surface area (Å²) >= 11 is 0. The smallest absolute Gasteiger partial charge is 0.336 e. The number of hydrogen-bond acceptors (Lipinski definition) is 4. The third-order valence-electron chi connectivity index (χ3n) is 2.75. The molecule has 104 valence electrons. The highest BCUT2D eigenvalue weighted by molar-refractivity contribution is 5.89. The maximum atomic E-state index is 11.6. The molecule has 1 aromatic carbocycles. The highest BCUT2D eigenvalue weighted by atomic mass is 16.5. The van der Waals surface area contributed by atoms with E-state index in [9.17, 15) is 9.90 Å². The molecule has 0 saturated carbocycles. The van der Waals surface area contributed by atoms with Gasteiger partial charge in [-0.3, -0.25) is 0 Å². The number of esters is 1. The first kappa shape index (κ1) is 15.2. The molecule has 4 nitrogen and oxygen atoms in total. The number of carbonyl (C=O) groups is 1. The standard InChI is InChI=1S/C15H20O4/c1-4-5-10-19-15(17)11(2)14(16)12-6-8-13(18-3)9-7-12/h6-9,14,16H,2,4-5,10H2,1,3H3. The van der Waals surface area contributed by atoms with Gasteiger partial charge in [-0.1, -0.05) is 32.1 Å². The van der Waals surface area contributed by atoms with E-state index in [0.29, 0.717) is 17.9 Å². The first-order valence-electron chi connectivity index (χ1n) is 6.28. The minimum atomic E-state index is -1.06. The molecular weight excluding hydrogens is 244 g/mol. The van der Waals surface area contributed by atoms with E-state index in [1.165, 1.54) is 0 Å². The summed E-state index contributed by atoms with van der Waals surface area (Å²) in [7, 11) is 1.56. The predicted octanol–water partition coefficient (Wildman–Crippen LogP) is 2.63. The van der Waals surface area contributed by atoms with Crippen LogP contribution in [0.3, 0.4) is 0 Å². The molecule has 1 unspecified atom stereocenters. The van der Waals surface area contributed by atoms with Crippen molar-refractivity contribution in [2.75, 3.05) is 13.7 Å². The summed E-state index contributed by atoms with van der Waals surface area (Å²) < 4.78 is 10.0. The van der Waals surface area contributed by atoms with Crippen LogP contribution in [-0.4, -0.2) is 24.8 Å². The summed E-state index contributed by atoms with van der Waals surface area (Å²) in [6.07, 6.45) is 0.693. The molecule has 0 spiro atoms. The largest absolute Gasteiger partial charge is 0.497 e. The maximum Gasteiger partial charge on any atom is 0.336 e. The summed E-state index contributed by atoms with van der Waals surface area (Å²) in [5.74, 6) is 0.129. The van der Waals surface area contributed by atoms with Crippen LogP contribution in [0.4, 0.5) is 0 Å². The second kappa shape index (κ2) is 7.59. The van der Waals surface area contributed by atoms with Crippen molar-refractivity contribution in [1.82, 2.24) is 0 Å². The number of methoxy groups -OCH3 is 1. The van der Waals surface area contributed by atoms with E-state index in [4.69, 9.17) is 9.47 Å². The van der Waals surface area contributed by atoms with E-state index in [1.807, 2.05) is 6.92 Å². The van der Waals surface area contributed by atoms with Crippen LogP contribution in [-0.2, 0) is 9.53 Å². The fourth-order valence-electron chi connectivity index (χ4n) is 1.50. The molecule has 0 aliphatic rings. The van der Waals surface area contributed by atoms with Gasteiger partial charge in [-0.05, 0) is 24.1 Å². The van der Waals surface area contributed by atoms with Gasteiger partial charge in [-0.15, -0.1) is 0 Å². The highest BCUT2D eigenvalue weighted by Gasteiger charge is 2.19. The molecule has 1 atom stereocenters. The number of aliphatic hydroxyl groups excluding tert-OH is 1. The molecule has 0 fully saturated rings. The third-order valence-corrected chi connectivity index (χ3v) is 2.75. The first-order valence-corrected chi connectivity index (χ1v) is 6.28. The second-order valence-electron chi connectivity index (χ2n) is 4.19. The van der Waals surface area contributed by atoms with Crippen molar-refractivity contribution in [1.29, 1.82) is 0 Å². The van der Waals surface area contributed by atoms with Crippen LogP contribution in [0.25, 0.3) is 0 Å². The van der Waals surface area contributed by atoms with Crippen molar-refractivity contribution < 1.29 is 19.4 Å². The molecule has 1 rings (SSSR count). The number of unbranched alkanes of at least 4 members (excludes halogenated alkanes) is 1. The average Bonchev–Trinajstić information content (AvgIpc) is 2.46. The summed E-state index contributed by atoms with van der Waals surface area (Å²) in [6.45, 7) is 5.96. The van der Waals surface area contributed by atoms with Gasteiger partial charge >= 0.3 is 5.97 Å². The normalized spacial score (nSPS) is 11.7. The van der Waals surface area contributed by atoms with Gasteiger partial charge in [0.1, 0.15) is 11.9 Å². The van der Waals surface area contributed by atoms with E-state index in [-0.39, 0.29) is 5.57 Å². The van der Waals surface area contributed by atoms with Crippen LogP contribution in [0.15, 0.2) is 36.4 Å². The Kier molecular flexibility index (Phi) is 6.09. The number of benzene rings is 1. The monoisotopic (exact) mass is 264 g/mol. The van der Waals surface area contributed by atoms with Crippen molar-refractivity contribution in [2.45, 2.75) is 25.9 Å². The van der Waals surface area contributed by atoms with Crippen molar-refractivity contribution in [3.05, 3.63) is 42.0 Å². The summed E-state index contributed by atoms with van der Waals surface area (Å²) in [5, 5.41) is 10.0. The van der Waals surface area contributed by atoms with Crippen LogP contribution in [0.5, 0.6) is 5.75 Å². The van der Waals surface area contributed by atoms with Gasteiger partial charge in [0.25, 0.3) is 0 Å². The molecule has 0 heterocycles. The fraction of sp³-hybridized carbons (Fsp3) is 0.400. The van der Waals surface area contributed by atoms with Gasteiger partial charge < -0.3 is 14.6 Å². The summed E-state index contributed by atoms with van der Waals surface area (Å²) in [5.41, 5.74) is 0.625. The number of ether oxygens (including phenoxy) is 2.